The number of carboxylic acids is 1. The minimum atomic E-state index is -0.937. The Hall–Kier alpha value is -2.70. The molecule has 0 aliphatic rings. The number of benzene rings is 3. The number of hydrogen-bond acceptors (Lipinski definition) is 3. The van der Waals surface area contributed by atoms with Gasteiger partial charge in [-0.2, -0.15) is 0 Å². The van der Waals surface area contributed by atoms with E-state index in [0.29, 0.717) is 32.8 Å². The van der Waals surface area contributed by atoms with Crippen molar-refractivity contribution in [3.63, 3.8) is 0 Å². The minimum Gasteiger partial charge on any atom is -0.488 e. The molecule has 0 aliphatic heterocycles. The van der Waals surface area contributed by atoms with E-state index in [2.05, 4.69) is 10.3 Å². The summed E-state index contributed by atoms with van der Waals surface area (Å²) < 4.78 is 5.98. The Balaban J connectivity index is 1.49. The van der Waals surface area contributed by atoms with Gasteiger partial charge in [0.25, 0.3) is 0 Å². The average molecular weight is 504 g/mol. The molecule has 0 aliphatic carbocycles. The van der Waals surface area contributed by atoms with E-state index in [1.165, 1.54) is 0 Å². The van der Waals surface area contributed by atoms with E-state index in [4.69, 9.17) is 39.5 Å². The van der Waals surface area contributed by atoms with Crippen molar-refractivity contribution in [1.29, 1.82) is 0 Å². The van der Waals surface area contributed by atoms with Gasteiger partial charge in [0, 0.05) is 56.3 Å². The van der Waals surface area contributed by atoms with Crippen molar-refractivity contribution in [3.05, 3.63) is 98.6 Å². The maximum Gasteiger partial charge on any atom is 0.321 e. The molecule has 3 aromatic carbocycles. The van der Waals surface area contributed by atoms with Crippen molar-refractivity contribution < 1.29 is 14.6 Å². The van der Waals surface area contributed by atoms with Crippen LogP contribution in [0.4, 0.5) is 0 Å². The van der Waals surface area contributed by atoms with Gasteiger partial charge in [-0.25, -0.2) is 0 Å². The van der Waals surface area contributed by atoms with Crippen molar-refractivity contribution in [3.8, 4) is 5.75 Å². The Morgan fingerprint density at radius 2 is 1.76 bits per heavy atom. The highest BCUT2D eigenvalue weighted by Crippen LogP contribution is 2.28. The van der Waals surface area contributed by atoms with Gasteiger partial charge in [-0.15, -0.1) is 0 Å². The number of aliphatic carboxylic acids is 1. The molecular weight excluding hydrogens is 483 g/mol. The molecule has 0 radical (unpaired) electrons. The third-order valence-corrected chi connectivity index (χ3v) is 6.34. The molecule has 0 saturated carbocycles. The first-order valence-electron chi connectivity index (χ1n) is 10.3. The number of fused-ring (bicyclic) bond motifs is 1. The SMILES string of the molecule is O=C(O)C(Cc1c[nH]c2ccccc12)NCc1cc(Cl)ccc1OCc1c(Cl)cccc1Cl. The highest BCUT2D eigenvalue weighted by Gasteiger charge is 2.20. The highest BCUT2D eigenvalue weighted by molar-refractivity contribution is 6.36. The zero-order chi connectivity index (χ0) is 23.4. The molecule has 0 bridgehead atoms. The lowest BCUT2D eigenvalue weighted by molar-refractivity contribution is -0.139. The number of aromatic nitrogens is 1. The predicted octanol–water partition coefficient (Wildman–Crippen LogP) is 6.49. The zero-order valence-electron chi connectivity index (χ0n) is 17.4. The molecule has 3 N–H and O–H groups in total. The summed E-state index contributed by atoms with van der Waals surface area (Å²) >= 11 is 18.7. The van der Waals surface area contributed by atoms with Crippen LogP contribution >= 0.6 is 34.8 Å². The van der Waals surface area contributed by atoms with Crippen molar-refractivity contribution in [2.75, 3.05) is 0 Å². The zero-order valence-corrected chi connectivity index (χ0v) is 19.7. The number of carboxylic acid groups (broad SMARTS) is 1. The van der Waals surface area contributed by atoms with Crippen LogP contribution in [0.2, 0.25) is 15.1 Å². The summed E-state index contributed by atoms with van der Waals surface area (Å²) in [6.45, 7) is 0.427. The van der Waals surface area contributed by atoms with Gasteiger partial charge in [0.2, 0.25) is 0 Å². The lowest BCUT2D eigenvalue weighted by atomic mass is 10.0. The summed E-state index contributed by atoms with van der Waals surface area (Å²) in [5.41, 5.74) is 3.31. The van der Waals surface area contributed by atoms with Crippen LogP contribution in [0.15, 0.2) is 66.9 Å². The van der Waals surface area contributed by atoms with Crippen LogP contribution in [0, 0.1) is 0 Å². The lowest BCUT2D eigenvalue weighted by Gasteiger charge is -2.17. The number of halogens is 3. The quantitative estimate of drug-likeness (QED) is 0.244. The minimum absolute atomic E-state index is 0.171. The normalized spacial score (nSPS) is 12.1. The second-order valence-electron chi connectivity index (χ2n) is 7.58. The van der Waals surface area contributed by atoms with Crippen LogP contribution in [-0.2, 0) is 24.4 Å². The van der Waals surface area contributed by atoms with Crippen molar-refractivity contribution in [2.24, 2.45) is 0 Å². The van der Waals surface area contributed by atoms with Gasteiger partial charge in [-0.1, -0.05) is 59.1 Å². The molecule has 4 aromatic rings. The molecule has 33 heavy (non-hydrogen) atoms. The molecular formula is C25H21Cl3N2O3. The molecule has 1 aromatic heterocycles. The average Bonchev–Trinajstić information content (AvgIpc) is 3.20. The number of nitrogens with one attached hydrogen (secondary N) is 2. The van der Waals surface area contributed by atoms with E-state index in [-0.39, 0.29) is 13.2 Å². The number of hydrogen-bond donors (Lipinski definition) is 3. The fourth-order valence-electron chi connectivity index (χ4n) is 3.65. The van der Waals surface area contributed by atoms with Crippen molar-refractivity contribution in [2.45, 2.75) is 25.6 Å². The lowest BCUT2D eigenvalue weighted by Crippen LogP contribution is -2.38. The topological polar surface area (TPSA) is 74.3 Å². The summed E-state index contributed by atoms with van der Waals surface area (Å²) in [4.78, 5) is 15.1. The maximum atomic E-state index is 12.0. The molecule has 170 valence electrons. The molecule has 0 spiro atoms. The summed E-state index contributed by atoms with van der Waals surface area (Å²) in [6.07, 6.45) is 2.18. The Labute approximate surface area is 206 Å². The van der Waals surface area contributed by atoms with E-state index in [0.717, 1.165) is 22.0 Å². The first-order valence-corrected chi connectivity index (χ1v) is 11.4. The molecule has 0 fully saturated rings. The maximum absolute atomic E-state index is 12.0. The predicted molar refractivity (Wildman–Crippen MR) is 133 cm³/mol. The Kier molecular flexibility index (Phi) is 7.46. The number of H-pyrrole nitrogens is 1. The standard InChI is InChI=1S/C25H21Cl3N2O3/c26-17-8-9-24(33-14-19-20(27)5-3-6-21(19)28)16(10-17)13-30-23(25(31)32)11-15-12-29-22-7-2-1-4-18(15)22/h1-10,12,23,29-30H,11,13-14H2,(H,31,32). The van der Waals surface area contributed by atoms with Gasteiger partial charge in [-0.3, -0.25) is 10.1 Å². The summed E-state index contributed by atoms with van der Waals surface area (Å²) in [7, 11) is 0. The Bertz CT molecular complexity index is 1270. The van der Waals surface area contributed by atoms with E-state index < -0.39 is 12.0 Å². The van der Waals surface area contributed by atoms with Gasteiger partial charge in [0.15, 0.2) is 0 Å². The van der Waals surface area contributed by atoms with E-state index in [1.807, 2.05) is 30.5 Å². The van der Waals surface area contributed by atoms with Gasteiger partial charge in [-0.05, 0) is 42.0 Å². The van der Waals surface area contributed by atoms with Crippen molar-refractivity contribution in [1.82, 2.24) is 10.3 Å². The van der Waals surface area contributed by atoms with Crippen LogP contribution in [0.3, 0.4) is 0 Å². The van der Waals surface area contributed by atoms with Gasteiger partial charge >= 0.3 is 5.97 Å². The van der Waals surface area contributed by atoms with E-state index in [1.54, 1.807) is 36.4 Å². The first-order chi connectivity index (χ1) is 15.9. The van der Waals surface area contributed by atoms with Crippen LogP contribution in [0.1, 0.15) is 16.7 Å². The molecule has 1 heterocycles. The fourth-order valence-corrected chi connectivity index (χ4v) is 4.35. The highest BCUT2D eigenvalue weighted by atomic mass is 35.5. The van der Waals surface area contributed by atoms with Gasteiger partial charge in [0.1, 0.15) is 18.4 Å². The number of aromatic amines is 1. The Morgan fingerprint density at radius 1 is 1.00 bits per heavy atom. The Morgan fingerprint density at radius 3 is 2.52 bits per heavy atom. The van der Waals surface area contributed by atoms with Gasteiger partial charge < -0.3 is 14.8 Å². The number of para-hydroxylation sites is 1. The van der Waals surface area contributed by atoms with E-state index >= 15 is 0 Å². The third kappa shape index (κ3) is 5.63. The largest absolute Gasteiger partial charge is 0.488 e. The number of carbonyl (C=O) groups is 1. The van der Waals surface area contributed by atoms with Crippen LogP contribution in [-0.4, -0.2) is 22.1 Å². The van der Waals surface area contributed by atoms with Crippen LogP contribution < -0.4 is 10.1 Å². The summed E-state index contributed by atoms with van der Waals surface area (Å²) in [5.74, 6) is -0.369. The fraction of sp³-hybridized carbons (Fsp3) is 0.160. The molecule has 1 atom stereocenters. The van der Waals surface area contributed by atoms with Crippen molar-refractivity contribution >= 4 is 51.7 Å². The number of rotatable bonds is 9. The molecule has 4 rings (SSSR count). The summed E-state index contributed by atoms with van der Waals surface area (Å²) in [5, 5.41) is 15.5. The monoisotopic (exact) mass is 502 g/mol. The second-order valence-corrected chi connectivity index (χ2v) is 8.83. The first kappa shape index (κ1) is 23.5. The summed E-state index contributed by atoms with van der Waals surface area (Å²) in [6, 6.07) is 17.5. The van der Waals surface area contributed by atoms with Gasteiger partial charge in [0.05, 0.1) is 0 Å². The molecule has 0 amide bonds. The molecule has 0 saturated heterocycles. The smallest absolute Gasteiger partial charge is 0.321 e. The molecule has 1 unspecified atom stereocenters. The molecule has 8 heteroatoms. The molecule has 5 nitrogen and oxygen atoms in total. The van der Waals surface area contributed by atoms with Crippen LogP contribution in [0.5, 0.6) is 5.75 Å². The van der Waals surface area contributed by atoms with Crippen LogP contribution in [0.25, 0.3) is 10.9 Å². The number of ether oxygens (including phenoxy) is 1. The second kappa shape index (κ2) is 10.5. The van der Waals surface area contributed by atoms with E-state index in [9.17, 15) is 9.90 Å². The third-order valence-electron chi connectivity index (χ3n) is 5.39.